The van der Waals surface area contributed by atoms with Crippen molar-refractivity contribution in [3.8, 4) is 0 Å². The molecule has 0 amide bonds. The van der Waals surface area contributed by atoms with Crippen molar-refractivity contribution in [2.75, 3.05) is 0 Å². The Morgan fingerprint density at radius 3 is 2.29 bits per heavy atom. The van der Waals surface area contributed by atoms with Crippen molar-refractivity contribution in [3.05, 3.63) is 11.5 Å². The fraction of sp³-hybridized carbons (Fsp3) is 0.667. The van der Waals surface area contributed by atoms with Gasteiger partial charge in [0.05, 0.1) is 5.57 Å². The van der Waals surface area contributed by atoms with E-state index in [1.807, 2.05) is 0 Å². The topological polar surface area (TPSA) is 52.3 Å². The number of carbonyl (C=O) groups excluding carboxylic acids is 1. The first-order valence-corrected chi connectivity index (χ1v) is 4.33. The van der Waals surface area contributed by atoms with Gasteiger partial charge < -0.3 is 10.5 Å². The van der Waals surface area contributed by atoms with Gasteiger partial charge in [0.2, 0.25) is 0 Å². The highest BCUT2D eigenvalue weighted by molar-refractivity contribution is 5.92. The Kier molecular flexibility index (Phi) is 2.78. The van der Waals surface area contributed by atoms with Gasteiger partial charge in [-0.1, -0.05) is 0 Å². The van der Waals surface area contributed by atoms with Gasteiger partial charge >= 0.3 is 0 Å². The number of Topliss-reactive ketones (excluding diaryl/α,β-unsaturated/α-hetero) is 1. The average Bonchev–Trinajstić information content (AvgIpc) is 1.99. The molecule has 1 aliphatic rings. The van der Waals surface area contributed by atoms with E-state index in [2.05, 4.69) is 0 Å². The maximum Gasteiger partial charge on any atom is 0.255 e. The van der Waals surface area contributed by atoms with Gasteiger partial charge in [-0.25, -0.2) is 8.78 Å². The summed E-state index contributed by atoms with van der Waals surface area (Å²) >= 11 is 0. The van der Waals surface area contributed by atoms with Crippen LogP contribution in [-0.4, -0.2) is 17.8 Å². The highest BCUT2D eigenvalue weighted by Gasteiger charge is 2.47. The first-order chi connectivity index (χ1) is 6.32. The molecule has 14 heavy (non-hydrogen) atoms. The van der Waals surface area contributed by atoms with Crippen molar-refractivity contribution in [2.45, 2.75) is 38.7 Å². The Morgan fingerprint density at radius 1 is 1.43 bits per heavy atom. The number of ether oxygens (including phenoxy) is 1. The van der Waals surface area contributed by atoms with E-state index in [4.69, 9.17) is 10.5 Å². The van der Waals surface area contributed by atoms with Crippen LogP contribution in [0, 0.1) is 0 Å². The molecule has 80 valence electrons. The van der Waals surface area contributed by atoms with E-state index in [9.17, 15) is 13.6 Å². The summed E-state index contributed by atoms with van der Waals surface area (Å²) in [4.78, 5) is 10.8. The fourth-order valence-electron chi connectivity index (χ4n) is 1.13. The second-order valence-corrected chi connectivity index (χ2v) is 3.55. The largest absolute Gasteiger partial charge is 0.475 e. The van der Waals surface area contributed by atoms with Crippen molar-refractivity contribution in [2.24, 2.45) is 5.73 Å². The summed E-state index contributed by atoms with van der Waals surface area (Å²) in [6.07, 6.45) is -1.20. The Balaban J connectivity index is 2.47. The SMILES string of the molecule is CC(=O)/C(C)=C(\N)OC1CC(F)(F)C1. The maximum absolute atomic E-state index is 12.4. The standard InChI is InChI=1S/C9H13F2NO2/c1-5(6(2)13)8(12)14-7-3-9(10,11)4-7/h7H,3-4,12H2,1-2H3/b8-5+. The highest BCUT2D eigenvalue weighted by atomic mass is 19.3. The Morgan fingerprint density at radius 2 is 1.93 bits per heavy atom. The number of hydrogen-bond donors (Lipinski definition) is 1. The molecule has 0 unspecified atom stereocenters. The molecule has 0 aliphatic heterocycles. The van der Waals surface area contributed by atoms with E-state index in [0.29, 0.717) is 0 Å². The lowest BCUT2D eigenvalue weighted by Gasteiger charge is -2.34. The van der Waals surface area contributed by atoms with E-state index in [1.165, 1.54) is 13.8 Å². The summed E-state index contributed by atoms with van der Waals surface area (Å²) in [5, 5.41) is 0. The molecular weight excluding hydrogens is 192 g/mol. The molecule has 3 nitrogen and oxygen atoms in total. The number of hydrogen-bond acceptors (Lipinski definition) is 3. The van der Waals surface area contributed by atoms with Crippen LogP contribution in [0.4, 0.5) is 8.78 Å². The van der Waals surface area contributed by atoms with Crippen LogP contribution in [0.2, 0.25) is 0 Å². The first kappa shape index (κ1) is 10.9. The quantitative estimate of drug-likeness (QED) is 0.562. The van der Waals surface area contributed by atoms with Crippen LogP contribution >= 0.6 is 0 Å². The number of nitrogens with two attached hydrogens (primary N) is 1. The van der Waals surface area contributed by atoms with Gasteiger partial charge in [0.25, 0.3) is 5.92 Å². The normalized spacial score (nSPS) is 22.3. The highest BCUT2D eigenvalue weighted by Crippen LogP contribution is 2.39. The van der Waals surface area contributed by atoms with Gasteiger partial charge in [-0.3, -0.25) is 4.79 Å². The number of rotatable bonds is 3. The van der Waals surface area contributed by atoms with E-state index in [1.54, 1.807) is 0 Å². The second-order valence-electron chi connectivity index (χ2n) is 3.55. The minimum Gasteiger partial charge on any atom is -0.475 e. The lowest BCUT2D eigenvalue weighted by atomic mass is 9.91. The average molecular weight is 205 g/mol. The summed E-state index contributed by atoms with van der Waals surface area (Å²) in [7, 11) is 0. The van der Waals surface area contributed by atoms with Gasteiger partial charge in [-0.15, -0.1) is 0 Å². The molecule has 1 rings (SSSR count). The molecule has 0 aromatic heterocycles. The molecule has 0 aromatic rings. The fourth-order valence-corrected chi connectivity index (χ4v) is 1.13. The van der Waals surface area contributed by atoms with Gasteiger partial charge in [0, 0.05) is 12.8 Å². The number of allylic oxidation sites excluding steroid dienone is 1. The summed E-state index contributed by atoms with van der Waals surface area (Å²) in [5.41, 5.74) is 5.69. The van der Waals surface area contributed by atoms with Crippen molar-refractivity contribution in [1.29, 1.82) is 0 Å². The molecule has 0 saturated heterocycles. The molecule has 0 heterocycles. The zero-order valence-corrected chi connectivity index (χ0v) is 8.14. The van der Waals surface area contributed by atoms with Crippen molar-refractivity contribution < 1.29 is 18.3 Å². The van der Waals surface area contributed by atoms with Crippen molar-refractivity contribution in [3.63, 3.8) is 0 Å². The first-order valence-electron chi connectivity index (χ1n) is 4.33. The van der Waals surface area contributed by atoms with Crippen LogP contribution in [0.1, 0.15) is 26.7 Å². The number of ketones is 1. The van der Waals surface area contributed by atoms with Crippen molar-refractivity contribution >= 4 is 5.78 Å². The lowest BCUT2D eigenvalue weighted by molar-refractivity contribution is -0.152. The zero-order valence-electron chi connectivity index (χ0n) is 8.14. The van der Waals surface area contributed by atoms with E-state index in [-0.39, 0.29) is 30.1 Å². The van der Waals surface area contributed by atoms with Gasteiger partial charge in [-0.2, -0.15) is 0 Å². The van der Waals surface area contributed by atoms with Crippen LogP contribution in [-0.2, 0) is 9.53 Å². The Labute approximate surface area is 80.9 Å². The molecule has 1 saturated carbocycles. The minimum atomic E-state index is -2.63. The molecule has 0 aromatic carbocycles. The lowest BCUT2D eigenvalue weighted by Crippen LogP contribution is -2.42. The summed E-state index contributed by atoms with van der Waals surface area (Å²) in [5.74, 6) is -2.89. The third-order valence-electron chi connectivity index (χ3n) is 2.24. The molecule has 1 aliphatic carbocycles. The molecule has 0 bridgehead atoms. The van der Waals surface area contributed by atoms with E-state index < -0.39 is 12.0 Å². The molecule has 0 radical (unpaired) electrons. The Hall–Kier alpha value is -1.13. The maximum atomic E-state index is 12.4. The third kappa shape index (κ3) is 2.43. The van der Waals surface area contributed by atoms with Crippen LogP contribution in [0.25, 0.3) is 0 Å². The second kappa shape index (κ2) is 3.55. The molecule has 2 N–H and O–H groups in total. The predicted octanol–water partition coefficient (Wildman–Crippen LogP) is 1.58. The summed E-state index contributed by atoms with van der Waals surface area (Å²) < 4.78 is 29.8. The van der Waals surface area contributed by atoms with E-state index in [0.717, 1.165) is 0 Å². The van der Waals surface area contributed by atoms with Crippen LogP contribution in [0.5, 0.6) is 0 Å². The number of alkyl halides is 2. The summed E-state index contributed by atoms with van der Waals surface area (Å²) in [6.45, 7) is 2.86. The zero-order chi connectivity index (χ0) is 10.9. The smallest absolute Gasteiger partial charge is 0.255 e. The van der Waals surface area contributed by atoms with E-state index >= 15 is 0 Å². The molecule has 1 fully saturated rings. The molecule has 0 atom stereocenters. The van der Waals surface area contributed by atoms with Gasteiger partial charge in [0.1, 0.15) is 6.10 Å². The van der Waals surface area contributed by atoms with Crippen molar-refractivity contribution in [1.82, 2.24) is 0 Å². The molecule has 0 spiro atoms. The Bertz CT molecular complexity index is 279. The van der Waals surface area contributed by atoms with Gasteiger partial charge in [-0.05, 0) is 13.8 Å². The monoisotopic (exact) mass is 205 g/mol. The van der Waals surface area contributed by atoms with Crippen LogP contribution in [0.3, 0.4) is 0 Å². The third-order valence-corrected chi connectivity index (χ3v) is 2.24. The van der Waals surface area contributed by atoms with Crippen LogP contribution in [0.15, 0.2) is 11.5 Å². The predicted molar refractivity (Wildman–Crippen MR) is 46.6 cm³/mol. The molecular formula is C9H13F2NO2. The van der Waals surface area contributed by atoms with Crippen LogP contribution < -0.4 is 5.73 Å². The number of halogens is 2. The minimum absolute atomic E-state index is 0.0435. The number of carbonyl (C=O) groups is 1. The molecule has 5 heteroatoms. The van der Waals surface area contributed by atoms with Gasteiger partial charge in [0.15, 0.2) is 11.7 Å². The summed E-state index contributed by atoms with van der Waals surface area (Å²) in [6, 6.07) is 0.